The Balaban J connectivity index is 1.40. The van der Waals surface area contributed by atoms with Crippen molar-refractivity contribution >= 4 is 28.8 Å². The fourth-order valence-electron chi connectivity index (χ4n) is 7.65. The average molecular weight is 659 g/mol. The molecule has 1 unspecified atom stereocenters. The van der Waals surface area contributed by atoms with E-state index in [0.29, 0.717) is 24.1 Å². The number of carbonyl (C=O) groups excluding carboxylic acids is 3. The van der Waals surface area contributed by atoms with Gasteiger partial charge in [0.1, 0.15) is 29.5 Å². The normalized spacial score (nSPS) is 29.6. The molecule has 0 spiro atoms. The number of ketones is 1. The van der Waals surface area contributed by atoms with Gasteiger partial charge in [-0.25, -0.2) is 14.8 Å². The fourth-order valence-corrected chi connectivity index (χ4v) is 7.65. The summed E-state index contributed by atoms with van der Waals surface area (Å²) in [7, 11) is 0. The molecule has 1 saturated carbocycles. The number of hydrogen-bond donors (Lipinski definition) is 1. The van der Waals surface area contributed by atoms with Gasteiger partial charge in [-0.2, -0.15) is 0 Å². The Kier molecular flexibility index (Phi) is 8.94. The smallest absolute Gasteiger partial charge is 0.471 e. The summed E-state index contributed by atoms with van der Waals surface area (Å²) in [6, 6.07) is 1.18. The van der Waals surface area contributed by atoms with Crippen molar-refractivity contribution in [3.63, 3.8) is 0 Å². The van der Waals surface area contributed by atoms with Crippen molar-refractivity contribution in [2.24, 2.45) is 17.3 Å². The van der Waals surface area contributed by atoms with Crippen molar-refractivity contribution in [1.29, 1.82) is 0 Å². The number of ether oxygens (including phenoxy) is 4. The van der Waals surface area contributed by atoms with Gasteiger partial charge in [0.2, 0.25) is 17.5 Å². The second kappa shape index (κ2) is 12.7. The molecule has 0 radical (unpaired) electrons. The van der Waals surface area contributed by atoms with Crippen molar-refractivity contribution in [3.05, 3.63) is 17.8 Å². The van der Waals surface area contributed by atoms with Gasteiger partial charge in [-0.3, -0.25) is 9.59 Å². The molecule has 4 heterocycles. The van der Waals surface area contributed by atoms with Crippen LogP contribution in [0.4, 0.5) is 13.6 Å². The topological polar surface area (TPSA) is 129 Å². The average Bonchev–Trinajstić information content (AvgIpc) is 3.68. The molecule has 2 amide bonds. The minimum atomic E-state index is -3.84. The Labute approximate surface area is 273 Å². The van der Waals surface area contributed by atoms with Crippen LogP contribution in [0, 0.1) is 17.3 Å². The highest BCUT2D eigenvalue weighted by atomic mass is 19.3. The van der Waals surface area contributed by atoms with Gasteiger partial charge in [-0.15, -0.1) is 8.78 Å². The maximum absolute atomic E-state index is 14.3. The zero-order valence-electron chi connectivity index (χ0n) is 27.6. The number of halogens is 2. The molecule has 4 aliphatic rings. The molecule has 1 saturated heterocycles. The minimum Gasteiger partial charge on any atom is -0.471 e. The first-order valence-electron chi connectivity index (χ1n) is 16.8. The van der Waals surface area contributed by atoms with E-state index in [9.17, 15) is 23.2 Å². The number of aromatic nitrogens is 2. The third kappa shape index (κ3) is 6.67. The van der Waals surface area contributed by atoms with Crippen molar-refractivity contribution < 1.29 is 42.1 Å². The van der Waals surface area contributed by atoms with Gasteiger partial charge >= 0.3 is 12.4 Å². The first-order chi connectivity index (χ1) is 22.3. The molecule has 256 valence electrons. The maximum atomic E-state index is 14.3. The summed E-state index contributed by atoms with van der Waals surface area (Å²) in [4.78, 5) is 51.7. The molecule has 6 atom stereocenters. The SMILES string of the molecule is CCC1[C@@H]2CN(C(=O)[C@H](C(C)(C)C)NC(=O)O[C@@H]3CCC[C@H]3CCCCCc3nc4ccc5c(c4nc3O2)OC(F)(F)O5)[C@@H]1C(C)=O. The number of alkyl carbamates (subject to hydrolysis) is 1. The molecule has 6 rings (SSSR count). The van der Waals surface area contributed by atoms with Crippen molar-refractivity contribution in [2.45, 2.75) is 123 Å². The fraction of sp³-hybridized carbons (Fsp3) is 0.676. The number of fused-ring (bicyclic) bond motifs is 7. The van der Waals surface area contributed by atoms with Gasteiger partial charge in [0.25, 0.3) is 0 Å². The Morgan fingerprint density at radius 3 is 2.51 bits per heavy atom. The third-order valence-corrected chi connectivity index (χ3v) is 9.98. The highest BCUT2D eigenvalue weighted by molar-refractivity contribution is 5.92. The number of aryl methyl sites for hydroxylation is 1. The Bertz CT molecular complexity index is 1550. The molecule has 1 N–H and O–H groups in total. The van der Waals surface area contributed by atoms with Gasteiger partial charge in [0, 0.05) is 5.92 Å². The van der Waals surface area contributed by atoms with Gasteiger partial charge in [-0.1, -0.05) is 40.5 Å². The molecule has 2 aromatic rings. The number of carbonyl (C=O) groups is 3. The van der Waals surface area contributed by atoms with Crippen LogP contribution in [0.15, 0.2) is 12.1 Å². The van der Waals surface area contributed by atoms with Crippen LogP contribution in [0.5, 0.6) is 17.4 Å². The van der Waals surface area contributed by atoms with Crippen LogP contribution in [0.2, 0.25) is 0 Å². The van der Waals surface area contributed by atoms with Gasteiger partial charge < -0.3 is 29.2 Å². The number of nitrogens with one attached hydrogen (secondary N) is 1. The summed E-state index contributed by atoms with van der Waals surface area (Å²) in [5.41, 5.74) is 0.298. The van der Waals surface area contributed by atoms with Crippen molar-refractivity contribution in [3.8, 4) is 17.4 Å². The lowest BCUT2D eigenvalue weighted by atomic mass is 9.85. The molecule has 2 bridgehead atoms. The number of nitrogens with zero attached hydrogens (tertiary/aromatic N) is 3. The summed E-state index contributed by atoms with van der Waals surface area (Å²) in [6.07, 6.45) is 1.88. The largest absolute Gasteiger partial charge is 0.586 e. The van der Waals surface area contributed by atoms with Crippen molar-refractivity contribution in [2.75, 3.05) is 6.54 Å². The third-order valence-electron chi connectivity index (χ3n) is 9.98. The van der Waals surface area contributed by atoms with E-state index in [2.05, 4.69) is 15.0 Å². The minimum absolute atomic E-state index is 0.0549. The molecule has 3 aliphatic heterocycles. The highest BCUT2D eigenvalue weighted by Crippen LogP contribution is 2.45. The predicted molar refractivity (Wildman–Crippen MR) is 166 cm³/mol. The zero-order valence-corrected chi connectivity index (χ0v) is 27.6. The van der Waals surface area contributed by atoms with Crippen LogP contribution in [0.1, 0.15) is 91.7 Å². The molecule has 11 nitrogen and oxygen atoms in total. The Morgan fingerprint density at radius 1 is 1.02 bits per heavy atom. The molecule has 1 aliphatic carbocycles. The summed E-state index contributed by atoms with van der Waals surface area (Å²) in [6.45, 7) is 8.99. The maximum Gasteiger partial charge on any atom is 0.586 e. The summed E-state index contributed by atoms with van der Waals surface area (Å²) < 4.78 is 50.1. The van der Waals surface area contributed by atoms with Crippen LogP contribution >= 0.6 is 0 Å². The second-order valence-corrected chi connectivity index (χ2v) is 14.4. The van der Waals surface area contributed by atoms with E-state index in [0.717, 1.165) is 44.9 Å². The molecule has 1 aromatic carbocycles. The number of hydrogen-bond acceptors (Lipinski definition) is 9. The van der Waals surface area contributed by atoms with E-state index in [1.54, 1.807) is 6.07 Å². The monoisotopic (exact) mass is 658 g/mol. The van der Waals surface area contributed by atoms with E-state index >= 15 is 0 Å². The zero-order chi connectivity index (χ0) is 33.7. The molecule has 47 heavy (non-hydrogen) atoms. The highest BCUT2D eigenvalue weighted by Gasteiger charge is 2.50. The number of Topliss-reactive ketones (excluding diaryl/α,β-unsaturated/α-hetero) is 1. The van der Waals surface area contributed by atoms with Gasteiger partial charge in [0.05, 0.1) is 18.1 Å². The second-order valence-electron chi connectivity index (χ2n) is 14.4. The lowest BCUT2D eigenvalue weighted by molar-refractivity contribution is -0.286. The Morgan fingerprint density at radius 2 is 1.79 bits per heavy atom. The number of benzene rings is 1. The number of rotatable bonds is 2. The molecular formula is C34H44F2N4O7. The van der Waals surface area contributed by atoms with E-state index in [4.69, 9.17) is 19.2 Å². The van der Waals surface area contributed by atoms with Crippen LogP contribution in [-0.4, -0.2) is 69.8 Å². The summed E-state index contributed by atoms with van der Waals surface area (Å²) >= 11 is 0. The first kappa shape index (κ1) is 33.1. The number of amides is 2. The van der Waals surface area contributed by atoms with Crippen LogP contribution in [0.3, 0.4) is 0 Å². The standard InChI is InChI=1S/C34H44F2N4O7/c1-6-20-25-17-40(27(20)18(2)41)31(42)29(33(3,4)5)39-32(43)45-23-14-10-12-19(23)11-8-7-9-13-22-30(44-25)38-26-21(37-22)15-16-24-28(26)47-34(35,36)46-24/h15-16,19-20,23,25,27,29H,6-14,17H2,1-5H3,(H,39,43)/t19-,20?,23-,25+,27-,29-/m1/s1. The van der Waals surface area contributed by atoms with E-state index in [1.165, 1.54) is 17.9 Å². The van der Waals surface area contributed by atoms with Gasteiger partial charge in [-0.05, 0) is 75.3 Å². The predicted octanol–water partition coefficient (Wildman–Crippen LogP) is 5.95. The van der Waals surface area contributed by atoms with Crippen LogP contribution in [0.25, 0.3) is 11.0 Å². The van der Waals surface area contributed by atoms with E-state index < -0.39 is 47.8 Å². The molecular weight excluding hydrogens is 614 g/mol. The summed E-state index contributed by atoms with van der Waals surface area (Å²) in [5.74, 6) is -1.00. The number of alkyl halides is 2. The van der Waals surface area contributed by atoms with Gasteiger partial charge in [0.15, 0.2) is 11.5 Å². The molecule has 2 fully saturated rings. The first-order valence-corrected chi connectivity index (χ1v) is 16.8. The quantitative estimate of drug-likeness (QED) is 0.416. The van der Waals surface area contributed by atoms with Crippen molar-refractivity contribution in [1.82, 2.24) is 20.2 Å². The Hall–Kier alpha value is -3.77. The summed E-state index contributed by atoms with van der Waals surface area (Å²) in [5, 5.41) is 2.85. The lowest BCUT2D eigenvalue weighted by Gasteiger charge is -2.35. The van der Waals surface area contributed by atoms with E-state index in [1.807, 2.05) is 27.7 Å². The van der Waals surface area contributed by atoms with Crippen LogP contribution < -0.4 is 19.5 Å². The van der Waals surface area contributed by atoms with E-state index in [-0.39, 0.29) is 47.2 Å². The van der Waals surface area contributed by atoms with Crippen LogP contribution in [-0.2, 0) is 20.7 Å². The molecule has 1 aromatic heterocycles. The molecule has 13 heteroatoms. The lowest BCUT2D eigenvalue weighted by Crippen LogP contribution is -2.57.